The molecule has 116 valence electrons. The van der Waals surface area contributed by atoms with Crippen LogP contribution in [0.15, 0.2) is 53.4 Å². The van der Waals surface area contributed by atoms with E-state index in [4.69, 9.17) is 12.2 Å². The van der Waals surface area contributed by atoms with Crippen molar-refractivity contribution in [2.45, 2.75) is 25.2 Å². The van der Waals surface area contributed by atoms with Gasteiger partial charge in [0.15, 0.2) is 5.11 Å². The third-order valence-corrected chi connectivity index (χ3v) is 4.55. The molecule has 0 radical (unpaired) electrons. The van der Waals surface area contributed by atoms with E-state index in [1.807, 2.05) is 23.9 Å². The van der Waals surface area contributed by atoms with Crippen LogP contribution in [-0.4, -0.2) is 17.4 Å². The summed E-state index contributed by atoms with van der Waals surface area (Å²) in [7, 11) is 0. The maximum atomic E-state index is 5.30. The lowest BCUT2D eigenvalue weighted by molar-refractivity contribution is 0.854. The van der Waals surface area contributed by atoms with Crippen LogP contribution in [0.1, 0.15) is 17.5 Å². The minimum absolute atomic E-state index is 0.684. The summed E-state index contributed by atoms with van der Waals surface area (Å²) in [4.78, 5) is 1.32. The summed E-state index contributed by atoms with van der Waals surface area (Å²) in [5, 5.41) is 7.13. The van der Waals surface area contributed by atoms with Gasteiger partial charge in [0.05, 0.1) is 0 Å². The van der Waals surface area contributed by atoms with Crippen LogP contribution in [0.4, 0.5) is 5.69 Å². The van der Waals surface area contributed by atoms with Gasteiger partial charge in [0.1, 0.15) is 0 Å². The lowest BCUT2D eigenvalue weighted by atomic mass is 10.2. The Labute approximate surface area is 142 Å². The van der Waals surface area contributed by atoms with Crippen molar-refractivity contribution in [3.63, 3.8) is 0 Å². The minimum atomic E-state index is 0.684. The van der Waals surface area contributed by atoms with Gasteiger partial charge < -0.3 is 10.6 Å². The van der Waals surface area contributed by atoms with E-state index in [1.54, 1.807) is 0 Å². The van der Waals surface area contributed by atoms with Crippen molar-refractivity contribution in [2.24, 2.45) is 0 Å². The van der Waals surface area contributed by atoms with Crippen LogP contribution >= 0.6 is 24.0 Å². The first-order valence-electron chi connectivity index (χ1n) is 7.44. The first kappa shape index (κ1) is 16.8. The lowest BCUT2D eigenvalue weighted by Gasteiger charge is -2.10. The Balaban J connectivity index is 1.61. The molecule has 0 saturated carbocycles. The molecule has 0 aliphatic carbocycles. The van der Waals surface area contributed by atoms with Crippen molar-refractivity contribution in [1.82, 2.24) is 5.32 Å². The highest BCUT2D eigenvalue weighted by Gasteiger charge is 1.98. The monoisotopic (exact) mass is 330 g/mol. The molecule has 4 heteroatoms. The number of benzene rings is 2. The molecule has 0 amide bonds. The van der Waals surface area contributed by atoms with Crippen molar-refractivity contribution >= 4 is 34.8 Å². The fourth-order valence-corrected chi connectivity index (χ4v) is 2.98. The predicted octanol–water partition coefficient (Wildman–Crippen LogP) is 4.77. The number of aryl methyl sites for hydroxylation is 2. The maximum absolute atomic E-state index is 5.30. The molecule has 0 aliphatic heterocycles. The molecule has 0 bridgehead atoms. The molecule has 0 atom stereocenters. The molecule has 2 aromatic carbocycles. The maximum Gasteiger partial charge on any atom is 0.170 e. The van der Waals surface area contributed by atoms with E-state index in [2.05, 4.69) is 60.9 Å². The van der Waals surface area contributed by atoms with Crippen LogP contribution < -0.4 is 10.6 Å². The quantitative estimate of drug-likeness (QED) is 0.452. The number of hydrogen-bond acceptors (Lipinski definition) is 2. The first-order valence-corrected chi connectivity index (χ1v) is 8.84. The number of rotatable bonds is 6. The SMILES string of the molecule is Cc1ccc(NC(=S)NCCCSc2ccc(C)cc2)cc1. The number of thioether (sulfide) groups is 1. The molecule has 0 fully saturated rings. The predicted molar refractivity (Wildman–Crippen MR) is 102 cm³/mol. The topological polar surface area (TPSA) is 24.1 Å². The van der Waals surface area contributed by atoms with Gasteiger partial charge in [0.2, 0.25) is 0 Å². The summed E-state index contributed by atoms with van der Waals surface area (Å²) in [5.74, 6) is 1.09. The second-order valence-corrected chi connectivity index (χ2v) is 6.84. The summed E-state index contributed by atoms with van der Waals surface area (Å²) in [6.07, 6.45) is 1.08. The molecule has 2 rings (SSSR count). The van der Waals surface area contributed by atoms with Gasteiger partial charge >= 0.3 is 0 Å². The molecule has 2 aromatic rings. The van der Waals surface area contributed by atoms with Crippen molar-refractivity contribution in [3.05, 3.63) is 59.7 Å². The average molecular weight is 331 g/mol. The van der Waals surface area contributed by atoms with E-state index in [-0.39, 0.29) is 0 Å². The highest BCUT2D eigenvalue weighted by molar-refractivity contribution is 7.99. The van der Waals surface area contributed by atoms with Crippen LogP contribution in [-0.2, 0) is 0 Å². The van der Waals surface area contributed by atoms with E-state index in [0.717, 1.165) is 24.4 Å². The van der Waals surface area contributed by atoms with Crippen molar-refractivity contribution in [2.75, 3.05) is 17.6 Å². The molecule has 0 aliphatic rings. The first-order chi connectivity index (χ1) is 10.6. The normalized spacial score (nSPS) is 10.3. The Kier molecular flexibility index (Phi) is 6.74. The fourth-order valence-electron chi connectivity index (χ4n) is 1.91. The Hall–Kier alpha value is -1.52. The third kappa shape index (κ3) is 6.08. The minimum Gasteiger partial charge on any atom is -0.362 e. The molecular weight excluding hydrogens is 308 g/mol. The summed E-state index contributed by atoms with van der Waals surface area (Å²) in [6, 6.07) is 16.9. The number of thiocarbonyl (C=S) groups is 1. The van der Waals surface area contributed by atoms with Crippen LogP contribution in [0.25, 0.3) is 0 Å². The highest BCUT2D eigenvalue weighted by Crippen LogP contribution is 2.18. The molecular formula is C18H22N2S2. The summed E-state index contributed by atoms with van der Waals surface area (Å²) in [5.41, 5.74) is 3.58. The summed E-state index contributed by atoms with van der Waals surface area (Å²) in [6.45, 7) is 5.07. The Bertz CT molecular complexity index is 591. The molecule has 0 unspecified atom stereocenters. The highest BCUT2D eigenvalue weighted by atomic mass is 32.2. The molecule has 2 nitrogen and oxygen atoms in total. The van der Waals surface area contributed by atoms with Crippen LogP contribution in [0.5, 0.6) is 0 Å². The Morgan fingerprint density at radius 1 is 0.955 bits per heavy atom. The van der Waals surface area contributed by atoms with Gasteiger partial charge in [-0.05, 0) is 62.5 Å². The molecule has 2 N–H and O–H groups in total. The smallest absolute Gasteiger partial charge is 0.170 e. The van der Waals surface area contributed by atoms with Crippen molar-refractivity contribution in [3.8, 4) is 0 Å². The molecule has 22 heavy (non-hydrogen) atoms. The van der Waals surface area contributed by atoms with Gasteiger partial charge in [0, 0.05) is 17.1 Å². The van der Waals surface area contributed by atoms with Gasteiger partial charge in [-0.15, -0.1) is 11.8 Å². The summed E-state index contributed by atoms with van der Waals surface area (Å²) < 4.78 is 0. The van der Waals surface area contributed by atoms with Gasteiger partial charge in [0.25, 0.3) is 0 Å². The third-order valence-electron chi connectivity index (χ3n) is 3.21. The van der Waals surface area contributed by atoms with E-state index >= 15 is 0 Å². The zero-order valence-electron chi connectivity index (χ0n) is 13.1. The van der Waals surface area contributed by atoms with Gasteiger partial charge in [-0.3, -0.25) is 0 Å². The lowest BCUT2D eigenvalue weighted by Crippen LogP contribution is -2.29. The standard InChI is InChI=1S/C18H22N2S2/c1-14-4-8-16(9-5-14)20-18(21)19-12-3-13-22-17-10-6-15(2)7-11-17/h4-11H,3,12-13H2,1-2H3,(H2,19,20,21). The number of nitrogens with one attached hydrogen (secondary N) is 2. The molecule has 0 spiro atoms. The van der Waals surface area contributed by atoms with Gasteiger partial charge in [-0.25, -0.2) is 0 Å². The van der Waals surface area contributed by atoms with E-state index in [1.165, 1.54) is 16.0 Å². The number of anilines is 1. The zero-order chi connectivity index (χ0) is 15.8. The Morgan fingerprint density at radius 3 is 2.18 bits per heavy atom. The zero-order valence-corrected chi connectivity index (χ0v) is 14.7. The largest absolute Gasteiger partial charge is 0.362 e. The Morgan fingerprint density at radius 2 is 1.55 bits per heavy atom. The van der Waals surface area contributed by atoms with Crippen LogP contribution in [0.2, 0.25) is 0 Å². The van der Waals surface area contributed by atoms with Gasteiger partial charge in [-0.2, -0.15) is 0 Å². The molecule has 0 aromatic heterocycles. The molecule has 0 heterocycles. The van der Waals surface area contributed by atoms with Gasteiger partial charge in [-0.1, -0.05) is 35.4 Å². The molecule has 0 saturated heterocycles. The second kappa shape index (κ2) is 8.81. The second-order valence-electron chi connectivity index (χ2n) is 5.26. The summed E-state index contributed by atoms with van der Waals surface area (Å²) >= 11 is 7.18. The van der Waals surface area contributed by atoms with Crippen LogP contribution in [0, 0.1) is 13.8 Å². The van der Waals surface area contributed by atoms with Crippen molar-refractivity contribution in [1.29, 1.82) is 0 Å². The number of hydrogen-bond donors (Lipinski definition) is 2. The van der Waals surface area contributed by atoms with Crippen molar-refractivity contribution < 1.29 is 0 Å². The average Bonchev–Trinajstić information content (AvgIpc) is 2.51. The van der Waals surface area contributed by atoms with E-state index in [9.17, 15) is 0 Å². The van der Waals surface area contributed by atoms with Crippen LogP contribution in [0.3, 0.4) is 0 Å². The van der Waals surface area contributed by atoms with E-state index < -0.39 is 0 Å². The fraction of sp³-hybridized carbons (Fsp3) is 0.278. The van der Waals surface area contributed by atoms with E-state index in [0.29, 0.717) is 5.11 Å².